The van der Waals surface area contributed by atoms with Crippen LogP contribution in [-0.4, -0.2) is 57.2 Å². The molecule has 148 valence electrons. The van der Waals surface area contributed by atoms with Crippen molar-refractivity contribution in [3.8, 4) is 0 Å². The van der Waals surface area contributed by atoms with E-state index in [-0.39, 0.29) is 10.6 Å². The topological polar surface area (TPSA) is 83.8 Å². The van der Waals surface area contributed by atoms with Crippen molar-refractivity contribution < 1.29 is 13.3 Å². The molecule has 0 amide bonds. The highest BCUT2D eigenvalue weighted by Gasteiger charge is 2.25. The van der Waals surface area contributed by atoms with E-state index in [4.69, 9.17) is 0 Å². The zero-order valence-corrected chi connectivity index (χ0v) is 16.5. The lowest BCUT2D eigenvalue weighted by molar-refractivity contribution is -0.384. The van der Waals surface area contributed by atoms with Crippen molar-refractivity contribution in [3.05, 3.63) is 70.3 Å². The first-order valence-electron chi connectivity index (χ1n) is 9.02. The monoisotopic (exact) mass is 401 g/mol. The lowest BCUT2D eigenvalue weighted by Gasteiger charge is -2.35. The number of benzene rings is 2. The number of anilines is 1. The van der Waals surface area contributed by atoms with Gasteiger partial charge in [0, 0.05) is 45.0 Å². The van der Waals surface area contributed by atoms with Crippen molar-refractivity contribution in [3.63, 3.8) is 0 Å². The first-order chi connectivity index (χ1) is 13.3. The van der Waals surface area contributed by atoms with E-state index < -0.39 is 14.8 Å². The molecule has 0 spiro atoms. The molecule has 1 aliphatic heterocycles. The van der Waals surface area contributed by atoms with Gasteiger partial charge < -0.3 is 4.90 Å². The van der Waals surface area contributed by atoms with E-state index in [0.717, 1.165) is 37.5 Å². The Bertz CT molecular complexity index is 966. The molecule has 0 aromatic heterocycles. The molecule has 1 fully saturated rings. The van der Waals surface area contributed by atoms with Gasteiger partial charge in [-0.3, -0.25) is 15.0 Å². The summed E-state index contributed by atoms with van der Waals surface area (Å²) in [7, 11) is -3.49. The van der Waals surface area contributed by atoms with E-state index in [0.29, 0.717) is 18.8 Å². The molecule has 2 aromatic carbocycles. The minimum Gasteiger partial charge on any atom is -0.363 e. The average molecular weight is 401 g/mol. The minimum atomic E-state index is -3.49. The van der Waals surface area contributed by atoms with E-state index in [1.807, 2.05) is 35.2 Å². The first kappa shape index (κ1) is 20.0. The molecule has 8 heteroatoms. The van der Waals surface area contributed by atoms with Crippen LogP contribution in [0.1, 0.15) is 5.56 Å². The van der Waals surface area contributed by atoms with Gasteiger partial charge in [-0.15, -0.1) is 0 Å². The van der Waals surface area contributed by atoms with E-state index >= 15 is 0 Å². The van der Waals surface area contributed by atoms with Crippen LogP contribution in [0, 0.1) is 10.1 Å². The third kappa shape index (κ3) is 4.96. The Kier molecular flexibility index (Phi) is 6.11. The number of nitrogens with zero attached hydrogens (tertiary/aromatic N) is 3. The van der Waals surface area contributed by atoms with Crippen LogP contribution >= 0.6 is 0 Å². The molecule has 0 unspecified atom stereocenters. The smallest absolute Gasteiger partial charge is 0.293 e. The summed E-state index contributed by atoms with van der Waals surface area (Å²) >= 11 is 0. The number of hydrogen-bond acceptors (Lipinski definition) is 6. The Labute approximate surface area is 165 Å². The first-order valence-corrected chi connectivity index (χ1v) is 10.9. The maximum atomic E-state index is 11.7. The Morgan fingerprint density at radius 2 is 1.75 bits per heavy atom. The summed E-state index contributed by atoms with van der Waals surface area (Å²) in [6.45, 7) is 3.68. The van der Waals surface area contributed by atoms with E-state index in [1.165, 1.54) is 6.07 Å². The third-order valence-electron chi connectivity index (χ3n) is 4.76. The fourth-order valence-electron chi connectivity index (χ4n) is 3.22. The minimum absolute atomic E-state index is 0.0346. The van der Waals surface area contributed by atoms with Crippen molar-refractivity contribution in [1.29, 1.82) is 0 Å². The molecule has 0 bridgehead atoms. The molecule has 1 saturated heterocycles. The summed E-state index contributed by atoms with van der Waals surface area (Å²) < 4.78 is 23.4. The predicted molar refractivity (Wildman–Crippen MR) is 110 cm³/mol. The standard InChI is InChI=1S/C20H23N3O4S/c1-28(26,27)18-9-10-19(20(16-18)23(24)25)22-14-12-21(13-15-22)11-5-8-17-6-3-2-4-7-17/h2-10,16H,11-15H2,1H3/b8-5+. The quantitative estimate of drug-likeness (QED) is 0.547. The third-order valence-corrected chi connectivity index (χ3v) is 5.87. The second-order valence-electron chi connectivity index (χ2n) is 6.78. The van der Waals surface area contributed by atoms with Gasteiger partial charge in [-0.05, 0) is 17.7 Å². The fourth-order valence-corrected chi connectivity index (χ4v) is 3.86. The molecule has 0 N–H and O–H groups in total. The average Bonchev–Trinajstić information content (AvgIpc) is 2.68. The summed E-state index contributed by atoms with van der Waals surface area (Å²) in [6, 6.07) is 14.2. The number of sulfone groups is 1. The number of hydrogen-bond donors (Lipinski definition) is 0. The Morgan fingerprint density at radius 3 is 2.36 bits per heavy atom. The van der Waals surface area contributed by atoms with Gasteiger partial charge in [-0.1, -0.05) is 42.5 Å². The van der Waals surface area contributed by atoms with Crippen LogP contribution < -0.4 is 4.90 Å². The lowest BCUT2D eigenvalue weighted by Crippen LogP contribution is -2.46. The predicted octanol–water partition coefficient (Wildman–Crippen LogP) is 2.83. The highest BCUT2D eigenvalue weighted by Crippen LogP contribution is 2.31. The number of piperazine rings is 1. The van der Waals surface area contributed by atoms with Crippen LogP contribution in [0.2, 0.25) is 0 Å². The van der Waals surface area contributed by atoms with Gasteiger partial charge in [-0.25, -0.2) is 8.42 Å². The fraction of sp³-hybridized carbons (Fsp3) is 0.300. The largest absolute Gasteiger partial charge is 0.363 e. The Balaban J connectivity index is 1.64. The summed E-state index contributed by atoms with van der Waals surface area (Å²) in [5, 5.41) is 11.4. The van der Waals surface area contributed by atoms with Crippen molar-refractivity contribution in [2.45, 2.75) is 4.90 Å². The van der Waals surface area contributed by atoms with E-state index in [2.05, 4.69) is 17.1 Å². The summed E-state index contributed by atoms with van der Waals surface area (Å²) in [5.41, 5.74) is 1.46. The van der Waals surface area contributed by atoms with Gasteiger partial charge in [0.1, 0.15) is 5.69 Å². The molecule has 1 aliphatic rings. The van der Waals surface area contributed by atoms with Crippen molar-refractivity contribution in [2.24, 2.45) is 0 Å². The molecule has 1 heterocycles. The maximum absolute atomic E-state index is 11.7. The van der Waals surface area contributed by atoms with Gasteiger partial charge in [0.2, 0.25) is 0 Å². The Hall–Kier alpha value is -2.71. The van der Waals surface area contributed by atoms with Crippen LogP contribution in [0.25, 0.3) is 6.08 Å². The molecule has 7 nitrogen and oxygen atoms in total. The summed E-state index contributed by atoms with van der Waals surface area (Å²) in [4.78, 5) is 15.1. The summed E-state index contributed by atoms with van der Waals surface area (Å²) in [6.07, 6.45) is 5.25. The molecule has 0 atom stereocenters. The second-order valence-corrected chi connectivity index (χ2v) is 8.80. The zero-order valence-electron chi connectivity index (χ0n) is 15.7. The SMILES string of the molecule is CS(=O)(=O)c1ccc(N2CCN(C/C=C/c3ccccc3)CC2)c([N+](=O)[O-])c1. The molecule has 0 saturated carbocycles. The van der Waals surface area contributed by atoms with E-state index in [1.54, 1.807) is 6.07 Å². The van der Waals surface area contributed by atoms with Gasteiger partial charge in [0.25, 0.3) is 5.69 Å². The van der Waals surface area contributed by atoms with Gasteiger partial charge >= 0.3 is 0 Å². The van der Waals surface area contributed by atoms with Crippen LogP contribution in [0.4, 0.5) is 11.4 Å². The normalized spacial score (nSPS) is 15.8. The van der Waals surface area contributed by atoms with E-state index in [9.17, 15) is 18.5 Å². The van der Waals surface area contributed by atoms with Gasteiger partial charge in [-0.2, -0.15) is 0 Å². The van der Waals surface area contributed by atoms with Crippen molar-refractivity contribution in [1.82, 2.24) is 4.90 Å². The van der Waals surface area contributed by atoms with Crippen LogP contribution in [0.5, 0.6) is 0 Å². The molecular weight excluding hydrogens is 378 g/mol. The highest BCUT2D eigenvalue weighted by atomic mass is 32.2. The molecule has 2 aromatic rings. The Morgan fingerprint density at radius 1 is 1.07 bits per heavy atom. The number of rotatable bonds is 6. The second kappa shape index (κ2) is 8.53. The van der Waals surface area contributed by atoms with Crippen LogP contribution in [0.3, 0.4) is 0 Å². The van der Waals surface area contributed by atoms with Gasteiger partial charge in [0.05, 0.1) is 9.82 Å². The van der Waals surface area contributed by atoms with Crippen molar-refractivity contribution in [2.75, 3.05) is 43.9 Å². The summed E-state index contributed by atoms with van der Waals surface area (Å²) in [5.74, 6) is 0. The number of nitro groups is 1. The van der Waals surface area contributed by atoms with Crippen molar-refractivity contribution >= 4 is 27.3 Å². The molecule has 3 rings (SSSR count). The lowest BCUT2D eigenvalue weighted by atomic mass is 10.2. The molecule has 0 radical (unpaired) electrons. The molecule has 0 aliphatic carbocycles. The van der Waals surface area contributed by atoms with Gasteiger partial charge in [0.15, 0.2) is 9.84 Å². The zero-order chi connectivity index (χ0) is 20.1. The van der Waals surface area contributed by atoms with Crippen LogP contribution in [0.15, 0.2) is 59.5 Å². The molecular formula is C20H23N3O4S. The number of nitro benzene ring substituents is 1. The molecule has 28 heavy (non-hydrogen) atoms. The van der Waals surface area contributed by atoms with Crippen LogP contribution in [-0.2, 0) is 9.84 Å². The highest BCUT2D eigenvalue weighted by molar-refractivity contribution is 7.90. The maximum Gasteiger partial charge on any atom is 0.293 e.